The smallest absolute Gasteiger partial charge is 0.311 e. The van der Waals surface area contributed by atoms with Crippen LogP contribution in [0.4, 0.5) is 10.1 Å². The summed E-state index contributed by atoms with van der Waals surface area (Å²) in [5, 5.41) is 2.89. The number of nitrogens with one attached hydrogen (secondary N) is 2. The van der Waals surface area contributed by atoms with Crippen molar-refractivity contribution in [2.24, 2.45) is 5.41 Å². The zero-order chi connectivity index (χ0) is 24.8. The summed E-state index contributed by atoms with van der Waals surface area (Å²) in [6.45, 7) is 6.86. The molecular formula is C24H31FN2O5S. The van der Waals surface area contributed by atoms with E-state index in [1.807, 2.05) is 30.3 Å². The monoisotopic (exact) mass is 478 g/mol. The number of carbonyl (C=O) groups is 2. The molecule has 0 heterocycles. The Balaban J connectivity index is 2.14. The Kier molecular flexibility index (Phi) is 8.60. The Bertz CT molecular complexity index is 1080. The minimum atomic E-state index is -3.63. The van der Waals surface area contributed by atoms with Crippen LogP contribution in [-0.4, -0.2) is 39.2 Å². The first kappa shape index (κ1) is 26.3. The number of rotatable bonds is 9. The molecule has 33 heavy (non-hydrogen) atoms. The van der Waals surface area contributed by atoms with Crippen LogP contribution in [-0.2, 0) is 30.8 Å². The fourth-order valence-corrected chi connectivity index (χ4v) is 3.57. The molecule has 2 atom stereocenters. The van der Waals surface area contributed by atoms with Gasteiger partial charge in [0.15, 0.2) is 0 Å². The van der Waals surface area contributed by atoms with Gasteiger partial charge in [0.2, 0.25) is 15.9 Å². The van der Waals surface area contributed by atoms with Gasteiger partial charge >= 0.3 is 5.97 Å². The van der Waals surface area contributed by atoms with Crippen molar-refractivity contribution in [3.8, 4) is 0 Å². The number of amides is 1. The fraction of sp³-hybridized carbons (Fsp3) is 0.417. The maximum Gasteiger partial charge on any atom is 0.311 e. The Morgan fingerprint density at radius 3 is 2.27 bits per heavy atom. The first-order valence-electron chi connectivity index (χ1n) is 10.5. The van der Waals surface area contributed by atoms with Crippen molar-refractivity contribution in [3.05, 3.63) is 65.5 Å². The molecular weight excluding hydrogens is 447 g/mol. The first-order valence-corrected chi connectivity index (χ1v) is 12.4. The molecule has 1 amide bonds. The van der Waals surface area contributed by atoms with Crippen LogP contribution in [0.2, 0.25) is 0 Å². The van der Waals surface area contributed by atoms with Crippen LogP contribution in [0.15, 0.2) is 48.5 Å². The highest BCUT2D eigenvalue weighted by molar-refractivity contribution is 7.92. The number of esters is 1. The van der Waals surface area contributed by atoms with Crippen LogP contribution in [0.3, 0.4) is 0 Å². The molecule has 0 saturated heterocycles. The molecule has 2 aromatic carbocycles. The summed E-state index contributed by atoms with van der Waals surface area (Å²) in [5.74, 6) is -2.24. The Hall–Kier alpha value is -2.94. The number of hydrogen-bond acceptors (Lipinski definition) is 5. The van der Waals surface area contributed by atoms with Gasteiger partial charge in [0, 0.05) is 0 Å². The summed E-state index contributed by atoms with van der Waals surface area (Å²) in [6.07, 6.45) is 1.37. The van der Waals surface area contributed by atoms with Gasteiger partial charge in [-0.1, -0.05) is 36.4 Å². The summed E-state index contributed by atoms with van der Waals surface area (Å²) < 4.78 is 44.6. The average Bonchev–Trinajstić information content (AvgIpc) is 2.71. The molecule has 9 heteroatoms. The normalized spacial score (nSPS) is 13.6. The quantitative estimate of drug-likeness (QED) is 0.536. The largest absolute Gasteiger partial charge is 0.463 e. The van der Waals surface area contributed by atoms with Crippen LogP contribution in [0.1, 0.15) is 44.7 Å². The Morgan fingerprint density at radius 1 is 1.09 bits per heavy atom. The van der Waals surface area contributed by atoms with E-state index in [9.17, 15) is 22.4 Å². The van der Waals surface area contributed by atoms with Crippen molar-refractivity contribution in [2.75, 3.05) is 17.6 Å². The van der Waals surface area contributed by atoms with Gasteiger partial charge in [-0.05, 0) is 57.4 Å². The minimum absolute atomic E-state index is 0.00492. The van der Waals surface area contributed by atoms with Crippen LogP contribution >= 0.6 is 0 Å². The molecule has 180 valence electrons. The van der Waals surface area contributed by atoms with Gasteiger partial charge in [0.05, 0.1) is 29.3 Å². The third kappa shape index (κ3) is 8.49. The number of carbonyl (C=O) groups excluding carboxylic acids is 2. The third-order valence-corrected chi connectivity index (χ3v) is 5.47. The number of hydrogen-bond donors (Lipinski definition) is 2. The average molecular weight is 479 g/mol. The third-order valence-electron chi connectivity index (χ3n) is 4.88. The van der Waals surface area contributed by atoms with Crippen molar-refractivity contribution in [1.29, 1.82) is 0 Å². The highest BCUT2D eigenvalue weighted by Gasteiger charge is 2.26. The number of sulfonamides is 1. The van der Waals surface area contributed by atoms with E-state index in [1.54, 1.807) is 27.7 Å². The number of anilines is 1. The molecule has 0 fully saturated rings. The van der Waals surface area contributed by atoms with Gasteiger partial charge in [0.1, 0.15) is 12.4 Å². The molecule has 2 aromatic rings. The maximum absolute atomic E-state index is 14.4. The lowest BCUT2D eigenvalue weighted by molar-refractivity contribution is -0.154. The number of ether oxygens (including phenoxy) is 1. The minimum Gasteiger partial charge on any atom is -0.463 e. The van der Waals surface area contributed by atoms with Crippen molar-refractivity contribution in [1.82, 2.24) is 5.32 Å². The summed E-state index contributed by atoms with van der Waals surface area (Å²) >= 11 is 0. The van der Waals surface area contributed by atoms with Gasteiger partial charge in [-0.25, -0.2) is 12.8 Å². The lowest BCUT2D eigenvalue weighted by atomic mass is 9.97. The molecule has 0 bridgehead atoms. The van der Waals surface area contributed by atoms with Crippen molar-refractivity contribution in [3.63, 3.8) is 0 Å². The SMILES string of the molecule is CC(C(=O)N[C@H](COC(=O)C(C)(C)C)Cc1ccccc1)c1ccc(NS(C)(=O)=O)c(F)c1. The van der Waals surface area contributed by atoms with Gasteiger partial charge in [-0.3, -0.25) is 14.3 Å². The van der Waals surface area contributed by atoms with Gasteiger partial charge < -0.3 is 10.1 Å². The van der Waals surface area contributed by atoms with E-state index in [0.717, 1.165) is 17.9 Å². The van der Waals surface area contributed by atoms with Crippen molar-refractivity contribution < 1.29 is 27.1 Å². The van der Waals surface area contributed by atoms with Crippen LogP contribution in [0.25, 0.3) is 0 Å². The fourth-order valence-electron chi connectivity index (χ4n) is 3.00. The zero-order valence-corrected chi connectivity index (χ0v) is 20.3. The second kappa shape index (κ2) is 10.8. The molecule has 0 saturated carbocycles. The molecule has 7 nitrogen and oxygen atoms in total. The van der Waals surface area contributed by atoms with E-state index in [1.165, 1.54) is 12.1 Å². The van der Waals surface area contributed by atoms with Gasteiger partial charge in [-0.2, -0.15) is 0 Å². The molecule has 2 rings (SSSR count). The van der Waals surface area contributed by atoms with E-state index in [4.69, 9.17) is 4.74 Å². The highest BCUT2D eigenvalue weighted by atomic mass is 32.2. The molecule has 0 aliphatic rings. The Morgan fingerprint density at radius 2 is 1.73 bits per heavy atom. The molecule has 0 radical (unpaired) electrons. The highest BCUT2D eigenvalue weighted by Crippen LogP contribution is 2.23. The molecule has 0 aromatic heterocycles. The maximum atomic E-state index is 14.4. The Labute approximate surface area is 194 Å². The molecule has 0 spiro atoms. The van der Waals surface area contributed by atoms with Gasteiger partial charge in [-0.15, -0.1) is 0 Å². The van der Waals surface area contributed by atoms with Crippen LogP contribution in [0.5, 0.6) is 0 Å². The van der Waals surface area contributed by atoms with Crippen molar-refractivity contribution >= 4 is 27.6 Å². The molecule has 0 aliphatic heterocycles. The zero-order valence-electron chi connectivity index (χ0n) is 19.5. The first-order chi connectivity index (χ1) is 15.3. The summed E-state index contributed by atoms with van der Waals surface area (Å²) in [5.41, 5.74) is 0.483. The predicted octanol–water partition coefficient (Wildman–Crippen LogP) is 3.62. The predicted molar refractivity (Wildman–Crippen MR) is 126 cm³/mol. The van der Waals surface area contributed by atoms with E-state index in [2.05, 4.69) is 10.0 Å². The molecule has 0 aliphatic carbocycles. The topological polar surface area (TPSA) is 102 Å². The van der Waals surface area contributed by atoms with Crippen LogP contribution in [0, 0.1) is 11.2 Å². The van der Waals surface area contributed by atoms with Crippen LogP contribution < -0.4 is 10.0 Å². The second-order valence-corrected chi connectivity index (χ2v) is 10.8. The van der Waals surface area contributed by atoms with E-state index in [-0.39, 0.29) is 24.2 Å². The number of halogens is 1. The van der Waals surface area contributed by atoms with E-state index >= 15 is 0 Å². The summed E-state index contributed by atoms with van der Waals surface area (Å²) in [4.78, 5) is 25.1. The summed E-state index contributed by atoms with van der Waals surface area (Å²) in [7, 11) is -3.63. The second-order valence-electron chi connectivity index (χ2n) is 9.08. The molecule has 1 unspecified atom stereocenters. The lowest BCUT2D eigenvalue weighted by Gasteiger charge is -2.24. The number of benzene rings is 2. The lowest BCUT2D eigenvalue weighted by Crippen LogP contribution is -2.43. The standard InChI is InChI=1S/C24H31FN2O5S/c1-16(18-11-12-21(20(25)14-18)27-33(5,30)31)22(28)26-19(13-17-9-7-6-8-10-17)15-32-23(29)24(2,3)4/h6-12,14,16,19,27H,13,15H2,1-5H3,(H,26,28)/t16?,19-/m0/s1. The van der Waals surface area contributed by atoms with Crippen molar-refractivity contribution in [2.45, 2.75) is 46.1 Å². The molecule has 2 N–H and O–H groups in total. The van der Waals surface area contributed by atoms with Gasteiger partial charge in [0.25, 0.3) is 0 Å². The van der Waals surface area contributed by atoms with E-state index < -0.39 is 33.2 Å². The summed E-state index contributed by atoms with van der Waals surface area (Å²) in [6, 6.07) is 12.9. The van der Waals surface area contributed by atoms with E-state index in [0.29, 0.717) is 12.0 Å².